The van der Waals surface area contributed by atoms with E-state index in [0.29, 0.717) is 6.07 Å². The van der Waals surface area contributed by atoms with Crippen LogP contribution in [0.5, 0.6) is 0 Å². The third-order valence-corrected chi connectivity index (χ3v) is 1.98. The molecule has 0 aliphatic rings. The minimum atomic E-state index is -4.63. The van der Waals surface area contributed by atoms with Gasteiger partial charge in [-0.3, -0.25) is 0 Å². The Morgan fingerprint density at radius 1 is 1.24 bits per heavy atom. The van der Waals surface area contributed by atoms with E-state index in [2.05, 4.69) is 5.32 Å². The Bertz CT molecular complexity index is 381. The van der Waals surface area contributed by atoms with Gasteiger partial charge in [-0.2, -0.15) is 13.2 Å². The number of rotatable bonds is 4. The molecule has 0 aromatic heterocycles. The quantitative estimate of drug-likeness (QED) is 0.714. The van der Waals surface area contributed by atoms with Gasteiger partial charge < -0.3 is 15.5 Å². The maximum absolute atomic E-state index is 12.9. The van der Waals surface area contributed by atoms with Crippen LogP contribution in [0, 0.1) is 5.82 Å². The van der Waals surface area contributed by atoms with Gasteiger partial charge in [-0.15, -0.1) is 0 Å². The molecule has 17 heavy (non-hydrogen) atoms. The molecule has 3 nitrogen and oxygen atoms in total. The highest BCUT2D eigenvalue weighted by atomic mass is 19.4. The van der Waals surface area contributed by atoms with Crippen molar-refractivity contribution in [3.05, 3.63) is 29.6 Å². The summed E-state index contributed by atoms with van der Waals surface area (Å²) in [6.45, 7) is -0.703. The molecule has 1 rings (SSSR count). The first-order valence-electron chi connectivity index (χ1n) is 4.73. The van der Waals surface area contributed by atoms with Crippen molar-refractivity contribution in [3.8, 4) is 0 Å². The predicted molar refractivity (Wildman–Crippen MR) is 53.0 cm³/mol. The van der Waals surface area contributed by atoms with Crippen molar-refractivity contribution < 1.29 is 27.8 Å². The first-order chi connectivity index (χ1) is 7.82. The number of alkyl halides is 3. The van der Waals surface area contributed by atoms with Gasteiger partial charge in [-0.1, -0.05) is 0 Å². The lowest BCUT2D eigenvalue weighted by Gasteiger charge is -2.13. The van der Waals surface area contributed by atoms with Crippen LogP contribution in [0.4, 0.5) is 23.2 Å². The van der Waals surface area contributed by atoms with E-state index in [1.54, 1.807) is 0 Å². The van der Waals surface area contributed by atoms with Crippen LogP contribution in [0.15, 0.2) is 18.2 Å². The summed E-state index contributed by atoms with van der Waals surface area (Å²) in [5.41, 5.74) is -1.22. The molecular formula is C10H11F4NO2. The number of hydrogen-bond donors (Lipinski definition) is 3. The number of anilines is 1. The van der Waals surface area contributed by atoms with Gasteiger partial charge in [0.2, 0.25) is 0 Å². The van der Waals surface area contributed by atoms with Crippen LogP contribution in [0.25, 0.3) is 0 Å². The number of hydrogen-bond acceptors (Lipinski definition) is 3. The molecule has 1 aromatic rings. The fraction of sp³-hybridized carbons (Fsp3) is 0.400. The lowest BCUT2D eigenvalue weighted by molar-refractivity contribution is -0.137. The Morgan fingerprint density at radius 2 is 1.88 bits per heavy atom. The van der Waals surface area contributed by atoms with Crippen molar-refractivity contribution in [3.63, 3.8) is 0 Å². The van der Waals surface area contributed by atoms with E-state index in [0.717, 1.165) is 12.1 Å². The molecule has 0 radical (unpaired) electrons. The van der Waals surface area contributed by atoms with Crippen molar-refractivity contribution >= 4 is 5.69 Å². The molecule has 1 aromatic carbocycles. The summed E-state index contributed by atoms with van der Waals surface area (Å²) in [7, 11) is 0. The van der Waals surface area contributed by atoms with Gasteiger partial charge in [0.05, 0.1) is 18.3 Å². The average Bonchev–Trinajstić information content (AvgIpc) is 2.24. The summed E-state index contributed by atoms with van der Waals surface area (Å²) in [6, 6.07) is 1.99. The van der Waals surface area contributed by atoms with Crippen LogP contribution in [0.3, 0.4) is 0 Å². The molecule has 0 spiro atoms. The number of halogens is 4. The summed E-state index contributed by atoms with van der Waals surface area (Å²) in [5, 5.41) is 19.9. The zero-order valence-electron chi connectivity index (χ0n) is 8.63. The van der Waals surface area contributed by atoms with Gasteiger partial charge in [0, 0.05) is 12.2 Å². The molecule has 3 N–H and O–H groups in total. The second-order valence-corrected chi connectivity index (χ2v) is 3.44. The standard InChI is InChI=1S/C10H11F4NO2/c11-7-1-6(10(12,13)14)2-8(3-7)15-4-9(17)5-16/h1-3,9,15-17H,4-5H2. The molecule has 0 amide bonds. The Morgan fingerprint density at radius 3 is 2.41 bits per heavy atom. The van der Waals surface area contributed by atoms with Crippen molar-refractivity contribution in [1.82, 2.24) is 0 Å². The molecular weight excluding hydrogens is 242 g/mol. The monoisotopic (exact) mass is 253 g/mol. The summed E-state index contributed by atoms with van der Waals surface area (Å²) >= 11 is 0. The van der Waals surface area contributed by atoms with E-state index in [1.165, 1.54) is 0 Å². The maximum atomic E-state index is 12.9. The third-order valence-electron chi connectivity index (χ3n) is 1.98. The smallest absolute Gasteiger partial charge is 0.394 e. The van der Waals surface area contributed by atoms with E-state index in [4.69, 9.17) is 10.2 Å². The summed E-state index contributed by atoms with van der Waals surface area (Å²) < 4.78 is 49.9. The van der Waals surface area contributed by atoms with E-state index >= 15 is 0 Å². The van der Waals surface area contributed by atoms with E-state index in [1.807, 2.05) is 0 Å². The molecule has 0 aliphatic carbocycles. The molecule has 7 heteroatoms. The topological polar surface area (TPSA) is 52.5 Å². The normalized spacial score (nSPS) is 13.5. The van der Waals surface area contributed by atoms with Crippen molar-refractivity contribution in [1.29, 1.82) is 0 Å². The van der Waals surface area contributed by atoms with Gasteiger partial charge in [0.15, 0.2) is 0 Å². The summed E-state index contributed by atoms with van der Waals surface area (Å²) in [5.74, 6) is -1.03. The Labute approximate surface area is 94.7 Å². The van der Waals surface area contributed by atoms with Gasteiger partial charge in [0.1, 0.15) is 5.82 Å². The first kappa shape index (κ1) is 13.7. The third kappa shape index (κ3) is 4.20. The number of nitrogens with one attached hydrogen (secondary N) is 1. The van der Waals surface area contributed by atoms with Crippen molar-refractivity contribution in [2.45, 2.75) is 12.3 Å². The van der Waals surface area contributed by atoms with E-state index in [9.17, 15) is 17.6 Å². The molecule has 1 unspecified atom stereocenters. The van der Waals surface area contributed by atoms with Gasteiger partial charge in [0.25, 0.3) is 0 Å². The Balaban J connectivity index is 2.83. The fourth-order valence-corrected chi connectivity index (χ4v) is 1.16. The van der Waals surface area contributed by atoms with Gasteiger partial charge >= 0.3 is 6.18 Å². The summed E-state index contributed by atoms with van der Waals surface area (Å²) in [6.07, 6.45) is -5.75. The molecule has 0 saturated carbocycles. The van der Waals surface area contributed by atoms with Crippen LogP contribution in [0.2, 0.25) is 0 Å². The summed E-state index contributed by atoms with van der Waals surface area (Å²) in [4.78, 5) is 0. The second-order valence-electron chi connectivity index (χ2n) is 3.44. The van der Waals surface area contributed by atoms with Crippen molar-refractivity contribution in [2.75, 3.05) is 18.5 Å². The molecule has 0 fully saturated rings. The van der Waals surface area contributed by atoms with Crippen LogP contribution in [0.1, 0.15) is 5.56 Å². The minimum Gasteiger partial charge on any atom is -0.394 e. The number of benzene rings is 1. The van der Waals surface area contributed by atoms with Gasteiger partial charge in [-0.25, -0.2) is 4.39 Å². The molecule has 0 bridgehead atoms. The molecule has 0 heterocycles. The SMILES string of the molecule is OCC(O)CNc1cc(F)cc(C(F)(F)F)c1. The van der Waals surface area contributed by atoms with Crippen LogP contribution < -0.4 is 5.32 Å². The minimum absolute atomic E-state index is 0.107. The zero-order chi connectivity index (χ0) is 13.1. The number of aliphatic hydroxyl groups excluding tert-OH is 2. The molecule has 96 valence electrons. The predicted octanol–water partition coefficient (Wildman–Crippen LogP) is 1.61. The van der Waals surface area contributed by atoms with Crippen LogP contribution in [-0.2, 0) is 6.18 Å². The first-order valence-corrected chi connectivity index (χ1v) is 4.73. The molecule has 0 aliphatic heterocycles. The zero-order valence-corrected chi connectivity index (χ0v) is 8.63. The fourth-order valence-electron chi connectivity index (χ4n) is 1.16. The average molecular weight is 253 g/mol. The Kier molecular flexibility index (Phi) is 4.30. The second kappa shape index (κ2) is 5.33. The largest absolute Gasteiger partial charge is 0.416 e. The Hall–Kier alpha value is -1.34. The lowest BCUT2D eigenvalue weighted by atomic mass is 10.2. The highest BCUT2D eigenvalue weighted by Gasteiger charge is 2.31. The van der Waals surface area contributed by atoms with E-state index < -0.39 is 30.3 Å². The van der Waals surface area contributed by atoms with E-state index in [-0.39, 0.29) is 12.2 Å². The number of aliphatic hydroxyl groups is 2. The highest BCUT2D eigenvalue weighted by Crippen LogP contribution is 2.31. The maximum Gasteiger partial charge on any atom is 0.416 e. The van der Waals surface area contributed by atoms with Gasteiger partial charge in [-0.05, 0) is 18.2 Å². The lowest BCUT2D eigenvalue weighted by Crippen LogP contribution is -2.23. The molecule has 1 atom stereocenters. The highest BCUT2D eigenvalue weighted by molar-refractivity contribution is 5.47. The molecule has 0 saturated heterocycles. The van der Waals surface area contributed by atoms with Crippen LogP contribution >= 0.6 is 0 Å². The van der Waals surface area contributed by atoms with Crippen LogP contribution in [-0.4, -0.2) is 29.5 Å². The van der Waals surface area contributed by atoms with Crippen molar-refractivity contribution in [2.24, 2.45) is 0 Å².